The van der Waals surface area contributed by atoms with Gasteiger partial charge >= 0.3 is 0 Å². The van der Waals surface area contributed by atoms with Gasteiger partial charge in [-0.1, -0.05) is 19.4 Å². The molecule has 3 nitrogen and oxygen atoms in total. The lowest BCUT2D eigenvalue weighted by Crippen LogP contribution is -2.18. The highest BCUT2D eigenvalue weighted by Gasteiger charge is 2.20. The quantitative estimate of drug-likeness (QED) is 0.848. The molecule has 2 N–H and O–H groups in total. The summed E-state index contributed by atoms with van der Waals surface area (Å²) in [5.41, 5.74) is 8.43. The van der Waals surface area contributed by atoms with Gasteiger partial charge in [0, 0.05) is 11.6 Å². The van der Waals surface area contributed by atoms with Crippen molar-refractivity contribution >= 4 is 0 Å². The number of fused-ring (bicyclic) bond motifs is 1. The minimum absolute atomic E-state index is 0.177. The van der Waals surface area contributed by atoms with Crippen LogP contribution in [0.5, 0.6) is 11.5 Å². The number of rotatable bonds is 4. The Labute approximate surface area is 96.5 Å². The fourth-order valence-electron chi connectivity index (χ4n) is 2.13. The van der Waals surface area contributed by atoms with E-state index < -0.39 is 0 Å². The minimum atomic E-state index is 0.177. The molecule has 3 heteroatoms. The van der Waals surface area contributed by atoms with Crippen LogP contribution >= 0.6 is 0 Å². The average molecular weight is 221 g/mol. The van der Waals surface area contributed by atoms with E-state index >= 15 is 0 Å². The van der Waals surface area contributed by atoms with E-state index in [1.807, 2.05) is 13.0 Å². The lowest BCUT2D eigenvalue weighted by atomic mass is 9.97. The number of ether oxygens (including phenoxy) is 2. The summed E-state index contributed by atoms with van der Waals surface area (Å²) in [7, 11) is 0. The monoisotopic (exact) mass is 221 g/mol. The molecule has 0 amide bonds. The summed E-state index contributed by atoms with van der Waals surface area (Å²) in [4.78, 5) is 0. The van der Waals surface area contributed by atoms with Crippen LogP contribution < -0.4 is 15.2 Å². The van der Waals surface area contributed by atoms with Crippen molar-refractivity contribution in [2.24, 2.45) is 5.73 Å². The van der Waals surface area contributed by atoms with Crippen LogP contribution in [-0.2, 0) is 12.8 Å². The van der Waals surface area contributed by atoms with E-state index in [9.17, 15) is 0 Å². The first-order valence-electron chi connectivity index (χ1n) is 5.88. The van der Waals surface area contributed by atoms with Gasteiger partial charge in [-0.05, 0) is 31.4 Å². The zero-order valence-electron chi connectivity index (χ0n) is 9.95. The Morgan fingerprint density at radius 1 is 1.38 bits per heavy atom. The van der Waals surface area contributed by atoms with Gasteiger partial charge in [0.05, 0.1) is 0 Å². The van der Waals surface area contributed by atoms with Crippen LogP contribution in [0.3, 0.4) is 0 Å². The molecule has 88 valence electrons. The maximum absolute atomic E-state index is 5.86. The van der Waals surface area contributed by atoms with Gasteiger partial charge in [0.25, 0.3) is 0 Å². The molecule has 0 aromatic heterocycles. The van der Waals surface area contributed by atoms with E-state index in [4.69, 9.17) is 15.2 Å². The molecule has 1 aliphatic heterocycles. The Balaban J connectivity index is 2.36. The van der Waals surface area contributed by atoms with Crippen LogP contribution in [0.2, 0.25) is 0 Å². The van der Waals surface area contributed by atoms with Gasteiger partial charge in [0.15, 0.2) is 11.5 Å². The topological polar surface area (TPSA) is 44.5 Å². The Morgan fingerprint density at radius 3 is 2.88 bits per heavy atom. The third-order valence-corrected chi connectivity index (χ3v) is 2.78. The minimum Gasteiger partial charge on any atom is -0.454 e. The molecular formula is C13H19NO2. The molecule has 1 atom stereocenters. The summed E-state index contributed by atoms with van der Waals surface area (Å²) in [6.45, 7) is 4.54. The van der Waals surface area contributed by atoms with Gasteiger partial charge < -0.3 is 15.2 Å². The van der Waals surface area contributed by atoms with E-state index in [-0.39, 0.29) is 6.04 Å². The van der Waals surface area contributed by atoms with Crippen molar-refractivity contribution in [3.05, 3.63) is 23.3 Å². The summed E-state index contributed by atoms with van der Waals surface area (Å²) in [6, 6.07) is 4.28. The number of nitrogens with two attached hydrogens (primary N) is 1. The highest BCUT2D eigenvalue weighted by atomic mass is 16.7. The summed E-state index contributed by atoms with van der Waals surface area (Å²) >= 11 is 0. The molecule has 2 rings (SSSR count). The first kappa shape index (κ1) is 11.3. The zero-order chi connectivity index (χ0) is 11.5. The molecular weight excluding hydrogens is 202 g/mol. The SMILES string of the molecule is CCCc1c(CC(C)N)ccc2c1OCO2. The highest BCUT2D eigenvalue weighted by molar-refractivity contribution is 5.52. The molecule has 1 aromatic carbocycles. The lowest BCUT2D eigenvalue weighted by molar-refractivity contribution is 0.173. The van der Waals surface area contributed by atoms with Crippen LogP contribution in [0.4, 0.5) is 0 Å². The summed E-state index contributed by atoms with van der Waals surface area (Å²) in [6.07, 6.45) is 3.02. The molecule has 1 aromatic rings. The predicted molar refractivity (Wildman–Crippen MR) is 63.9 cm³/mol. The second kappa shape index (κ2) is 4.74. The summed E-state index contributed by atoms with van der Waals surface area (Å²) < 4.78 is 10.9. The van der Waals surface area contributed by atoms with Gasteiger partial charge in [-0.3, -0.25) is 0 Å². The number of benzene rings is 1. The molecule has 0 aliphatic carbocycles. The van der Waals surface area contributed by atoms with Crippen molar-refractivity contribution in [2.75, 3.05) is 6.79 Å². The van der Waals surface area contributed by atoms with Crippen molar-refractivity contribution in [3.63, 3.8) is 0 Å². The second-order valence-electron chi connectivity index (χ2n) is 4.37. The van der Waals surface area contributed by atoms with Crippen LogP contribution in [0.15, 0.2) is 12.1 Å². The third kappa shape index (κ3) is 2.14. The maximum atomic E-state index is 5.86. The van der Waals surface area contributed by atoms with Crippen molar-refractivity contribution in [2.45, 2.75) is 39.2 Å². The number of hydrogen-bond acceptors (Lipinski definition) is 3. The van der Waals surface area contributed by atoms with Gasteiger partial charge in [-0.25, -0.2) is 0 Å². The summed E-state index contributed by atoms with van der Waals surface area (Å²) in [5, 5.41) is 0. The average Bonchev–Trinajstić information content (AvgIpc) is 2.69. The molecule has 0 radical (unpaired) electrons. The van der Waals surface area contributed by atoms with Gasteiger partial charge in [-0.2, -0.15) is 0 Å². The van der Waals surface area contributed by atoms with Gasteiger partial charge in [-0.15, -0.1) is 0 Å². The van der Waals surface area contributed by atoms with Crippen molar-refractivity contribution in [1.82, 2.24) is 0 Å². The Kier molecular flexibility index (Phi) is 3.34. The summed E-state index contributed by atoms with van der Waals surface area (Å²) in [5.74, 6) is 1.80. The van der Waals surface area contributed by atoms with Crippen LogP contribution in [0, 0.1) is 0 Å². The number of hydrogen-bond donors (Lipinski definition) is 1. The zero-order valence-corrected chi connectivity index (χ0v) is 9.95. The first-order chi connectivity index (χ1) is 7.72. The van der Waals surface area contributed by atoms with E-state index in [2.05, 4.69) is 13.0 Å². The molecule has 0 bridgehead atoms. The standard InChI is InChI=1S/C13H19NO2/c1-3-4-11-10(7-9(2)14)5-6-12-13(11)16-8-15-12/h5-6,9H,3-4,7-8,14H2,1-2H3. The van der Waals surface area contributed by atoms with Gasteiger partial charge in [0.2, 0.25) is 6.79 Å². The fourth-order valence-corrected chi connectivity index (χ4v) is 2.13. The normalized spacial score (nSPS) is 15.2. The first-order valence-corrected chi connectivity index (χ1v) is 5.88. The second-order valence-corrected chi connectivity index (χ2v) is 4.37. The Morgan fingerprint density at radius 2 is 2.19 bits per heavy atom. The molecule has 0 fully saturated rings. The van der Waals surface area contributed by atoms with Crippen molar-refractivity contribution in [3.8, 4) is 11.5 Å². The molecule has 0 saturated carbocycles. The largest absolute Gasteiger partial charge is 0.454 e. The van der Waals surface area contributed by atoms with E-state index in [1.54, 1.807) is 0 Å². The fraction of sp³-hybridized carbons (Fsp3) is 0.538. The maximum Gasteiger partial charge on any atom is 0.231 e. The predicted octanol–water partition coefficient (Wildman–Crippen LogP) is 2.26. The van der Waals surface area contributed by atoms with Crippen LogP contribution in [0.25, 0.3) is 0 Å². The van der Waals surface area contributed by atoms with Crippen molar-refractivity contribution < 1.29 is 9.47 Å². The Bertz CT molecular complexity index is 374. The van der Waals surface area contributed by atoms with Crippen LogP contribution in [0.1, 0.15) is 31.4 Å². The van der Waals surface area contributed by atoms with E-state index in [0.717, 1.165) is 30.8 Å². The highest BCUT2D eigenvalue weighted by Crippen LogP contribution is 2.38. The molecule has 1 heterocycles. The lowest BCUT2D eigenvalue weighted by Gasteiger charge is -2.13. The molecule has 1 aliphatic rings. The van der Waals surface area contributed by atoms with Crippen LogP contribution in [-0.4, -0.2) is 12.8 Å². The third-order valence-electron chi connectivity index (χ3n) is 2.78. The molecule has 1 unspecified atom stereocenters. The van der Waals surface area contributed by atoms with Gasteiger partial charge in [0.1, 0.15) is 0 Å². The Hall–Kier alpha value is -1.22. The van der Waals surface area contributed by atoms with E-state index in [1.165, 1.54) is 11.1 Å². The smallest absolute Gasteiger partial charge is 0.231 e. The molecule has 0 spiro atoms. The van der Waals surface area contributed by atoms with Crippen molar-refractivity contribution in [1.29, 1.82) is 0 Å². The molecule has 16 heavy (non-hydrogen) atoms. The molecule has 0 saturated heterocycles. The van der Waals surface area contributed by atoms with E-state index in [0.29, 0.717) is 6.79 Å².